The summed E-state index contributed by atoms with van der Waals surface area (Å²) >= 11 is 0. The largest absolute Gasteiger partial charge is 0.378 e. The smallest absolute Gasteiger partial charge is 0.315 e. The van der Waals surface area contributed by atoms with Crippen molar-refractivity contribution in [1.29, 1.82) is 0 Å². The van der Waals surface area contributed by atoms with Crippen LogP contribution in [0.1, 0.15) is 31.2 Å². The van der Waals surface area contributed by atoms with E-state index in [2.05, 4.69) is 25.8 Å². The number of rotatable bonds is 5. The van der Waals surface area contributed by atoms with Gasteiger partial charge in [-0.25, -0.2) is 9.78 Å². The minimum absolute atomic E-state index is 0.119. The lowest BCUT2D eigenvalue weighted by Gasteiger charge is -2.30. The van der Waals surface area contributed by atoms with Crippen LogP contribution in [0.2, 0.25) is 0 Å². The predicted octanol–water partition coefficient (Wildman–Crippen LogP) is 2.23. The average molecular weight is 341 g/mol. The number of nitrogens with one attached hydrogen (secondary N) is 3. The van der Waals surface area contributed by atoms with Crippen molar-refractivity contribution in [2.45, 2.75) is 44.4 Å². The highest BCUT2D eigenvalue weighted by Gasteiger charge is 2.36. The van der Waals surface area contributed by atoms with Gasteiger partial charge in [-0.2, -0.15) is 5.10 Å². The lowest BCUT2D eigenvalue weighted by molar-refractivity contribution is -0.00914. The first kappa shape index (κ1) is 16.1. The molecule has 0 unspecified atom stereocenters. The second-order valence-electron chi connectivity index (χ2n) is 6.83. The Morgan fingerprint density at radius 1 is 1.32 bits per heavy atom. The van der Waals surface area contributed by atoms with E-state index in [0.717, 1.165) is 36.4 Å². The van der Waals surface area contributed by atoms with Gasteiger partial charge in [0.2, 0.25) is 0 Å². The zero-order valence-corrected chi connectivity index (χ0v) is 14.1. The second kappa shape index (κ2) is 7.23. The van der Waals surface area contributed by atoms with E-state index in [-0.39, 0.29) is 12.1 Å². The van der Waals surface area contributed by atoms with Crippen molar-refractivity contribution < 1.29 is 9.53 Å². The molecule has 2 heterocycles. The summed E-state index contributed by atoms with van der Waals surface area (Å²) in [7, 11) is 0. The van der Waals surface area contributed by atoms with Gasteiger partial charge in [-0.3, -0.25) is 5.10 Å². The van der Waals surface area contributed by atoms with Crippen molar-refractivity contribution in [2.75, 3.05) is 6.61 Å². The van der Waals surface area contributed by atoms with Crippen molar-refractivity contribution in [3.63, 3.8) is 0 Å². The van der Waals surface area contributed by atoms with E-state index in [1.807, 2.05) is 24.3 Å². The predicted molar refractivity (Wildman–Crippen MR) is 92.7 cm³/mol. The third-order valence-corrected chi connectivity index (χ3v) is 4.87. The molecule has 1 aliphatic heterocycles. The minimum atomic E-state index is -0.119. The third-order valence-electron chi connectivity index (χ3n) is 4.87. The molecule has 25 heavy (non-hydrogen) atoms. The summed E-state index contributed by atoms with van der Waals surface area (Å²) in [6, 6.07) is 7.98. The molecule has 1 aromatic heterocycles. The molecule has 2 amide bonds. The molecular weight excluding hydrogens is 318 g/mol. The molecule has 132 valence electrons. The van der Waals surface area contributed by atoms with Gasteiger partial charge in [0, 0.05) is 24.8 Å². The van der Waals surface area contributed by atoms with Gasteiger partial charge >= 0.3 is 6.03 Å². The Kier molecular flexibility index (Phi) is 4.65. The molecule has 1 saturated carbocycles. The SMILES string of the molecule is O=C(NCc1cccc(-c2ncn[nH]2)c1)N[C@H]1CCO[C@H](C2CC2)C1. The molecule has 0 spiro atoms. The maximum Gasteiger partial charge on any atom is 0.315 e. The molecule has 2 aliphatic rings. The van der Waals surface area contributed by atoms with E-state index in [0.29, 0.717) is 18.6 Å². The Labute approximate surface area is 146 Å². The maximum atomic E-state index is 12.2. The van der Waals surface area contributed by atoms with E-state index in [4.69, 9.17) is 4.74 Å². The van der Waals surface area contributed by atoms with Crippen molar-refractivity contribution >= 4 is 6.03 Å². The zero-order valence-electron chi connectivity index (χ0n) is 14.1. The van der Waals surface area contributed by atoms with Crippen molar-refractivity contribution in [1.82, 2.24) is 25.8 Å². The van der Waals surface area contributed by atoms with Crippen LogP contribution in [-0.2, 0) is 11.3 Å². The summed E-state index contributed by atoms with van der Waals surface area (Å²) < 4.78 is 5.81. The number of H-pyrrole nitrogens is 1. The maximum absolute atomic E-state index is 12.2. The molecule has 2 fully saturated rings. The van der Waals surface area contributed by atoms with Gasteiger partial charge in [0.15, 0.2) is 5.82 Å². The van der Waals surface area contributed by atoms with Crippen LogP contribution in [0.3, 0.4) is 0 Å². The van der Waals surface area contributed by atoms with E-state index in [1.165, 1.54) is 19.2 Å². The molecular formula is C18H23N5O2. The molecule has 7 nitrogen and oxygen atoms in total. The molecule has 0 radical (unpaired) electrons. The van der Waals surface area contributed by atoms with Crippen LogP contribution < -0.4 is 10.6 Å². The highest BCUT2D eigenvalue weighted by molar-refractivity contribution is 5.74. The Hall–Kier alpha value is -2.41. The van der Waals surface area contributed by atoms with E-state index < -0.39 is 0 Å². The number of amides is 2. The van der Waals surface area contributed by atoms with Crippen LogP contribution in [0, 0.1) is 5.92 Å². The van der Waals surface area contributed by atoms with Gasteiger partial charge < -0.3 is 15.4 Å². The zero-order chi connectivity index (χ0) is 17.1. The summed E-state index contributed by atoms with van der Waals surface area (Å²) in [5.41, 5.74) is 1.97. The first-order chi connectivity index (χ1) is 12.3. The van der Waals surface area contributed by atoms with E-state index in [9.17, 15) is 4.79 Å². The number of aromatic nitrogens is 3. The molecule has 1 aliphatic carbocycles. The number of hydrogen-bond donors (Lipinski definition) is 3. The molecule has 7 heteroatoms. The molecule has 2 aromatic rings. The number of ether oxygens (including phenoxy) is 1. The number of nitrogens with zero attached hydrogens (tertiary/aromatic N) is 2. The molecule has 3 N–H and O–H groups in total. The van der Waals surface area contributed by atoms with Gasteiger partial charge in [0.1, 0.15) is 6.33 Å². The fraction of sp³-hybridized carbons (Fsp3) is 0.500. The quantitative estimate of drug-likeness (QED) is 0.778. The molecule has 1 aromatic carbocycles. The van der Waals surface area contributed by atoms with Gasteiger partial charge in [0.25, 0.3) is 0 Å². The lowest BCUT2D eigenvalue weighted by Crippen LogP contribution is -2.46. The van der Waals surface area contributed by atoms with Crippen molar-refractivity contribution in [2.24, 2.45) is 5.92 Å². The summed E-state index contributed by atoms with van der Waals surface area (Å²) in [5, 5.41) is 12.7. The highest BCUT2D eigenvalue weighted by atomic mass is 16.5. The first-order valence-electron chi connectivity index (χ1n) is 8.88. The Morgan fingerprint density at radius 2 is 2.24 bits per heavy atom. The third kappa shape index (κ3) is 4.17. The molecule has 4 rings (SSSR count). The molecule has 1 saturated heterocycles. The van der Waals surface area contributed by atoms with Crippen molar-refractivity contribution in [3.8, 4) is 11.4 Å². The van der Waals surface area contributed by atoms with E-state index in [1.54, 1.807) is 0 Å². The van der Waals surface area contributed by atoms with Crippen LogP contribution in [-0.4, -0.2) is 40.0 Å². The van der Waals surface area contributed by atoms with Crippen LogP contribution in [0.15, 0.2) is 30.6 Å². The van der Waals surface area contributed by atoms with Gasteiger partial charge in [0.05, 0.1) is 6.10 Å². The summed E-state index contributed by atoms with van der Waals surface area (Å²) in [6.07, 6.45) is 6.17. The number of urea groups is 1. The fourth-order valence-electron chi connectivity index (χ4n) is 3.35. The van der Waals surface area contributed by atoms with Crippen LogP contribution >= 0.6 is 0 Å². The summed E-state index contributed by atoms with van der Waals surface area (Å²) in [4.78, 5) is 16.3. The molecule has 2 atom stereocenters. The number of aromatic amines is 1. The molecule has 0 bridgehead atoms. The van der Waals surface area contributed by atoms with Gasteiger partial charge in [-0.15, -0.1) is 0 Å². The minimum Gasteiger partial charge on any atom is -0.378 e. The number of carbonyl (C=O) groups is 1. The van der Waals surface area contributed by atoms with Gasteiger partial charge in [-0.05, 0) is 43.2 Å². The second-order valence-corrected chi connectivity index (χ2v) is 6.83. The van der Waals surface area contributed by atoms with Gasteiger partial charge in [-0.1, -0.05) is 18.2 Å². The standard InChI is InChI=1S/C18H23N5O2/c24-18(22-15-6-7-25-16(9-15)13-4-5-13)19-10-12-2-1-3-14(8-12)17-20-11-21-23-17/h1-3,8,11,13,15-16H,4-7,9-10H2,(H2,19,22,24)(H,20,21,23)/t15-,16-/m0/s1. The van der Waals surface area contributed by atoms with E-state index >= 15 is 0 Å². The number of benzene rings is 1. The van der Waals surface area contributed by atoms with Crippen molar-refractivity contribution in [3.05, 3.63) is 36.2 Å². The lowest BCUT2D eigenvalue weighted by atomic mass is 10.0. The van der Waals surface area contributed by atoms with Crippen LogP contribution in [0.5, 0.6) is 0 Å². The Bertz CT molecular complexity index is 714. The highest BCUT2D eigenvalue weighted by Crippen LogP contribution is 2.38. The Morgan fingerprint density at radius 3 is 3.04 bits per heavy atom. The average Bonchev–Trinajstić information content (AvgIpc) is 3.35. The van der Waals surface area contributed by atoms with Crippen LogP contribution in [0.4, 0.5) is 4.79 Å². The van der Waals surface area contributed by atoms with Crippen LogP contribution in [0.25, 0.3) is 11.4 Å². The fourth-order valence-corrected chi connectivity index (χ4v) is 3.35. The monoisotopic (exact) mass is 341 g/mol. The first-order valence-corrected chi connectivity index (χ1v) is 8.88. The topological polar surface area (TPSA) is 91.9 Å². The Balaban J connectivity index is 1.28. The number of carbonyl (C=O) groups excluding carboxylic acids is 1. The normalized spacial score (nSPS) is 23.2. The summed E-state index contributed by atoms with van der Waals surface area (Å²) in [5.74, 6) is 1.44. The number of hydrogen-bond acceptors (Lipinski definition) is 4. The summed E-state index contributed by atoms with van der Waals surface area (Å²) in [6.45, 7) is 1.22.